The van der Waals surface area contributed by atoms with Gasteiger partial charge in [0.05, 0.1) is 17.3 Å². The molecule has 1 saturated carbocycles. The van der Waals surface area contributed by atoms with Crippen molar-refractivity contribution < 1.29 is 24.9 Å². The van der Waals surface area contributed by atoms with Gasteiger partial charge in [-0.15, -0.1) is 0 Å². The van der Waals surface area contributed by atoms with Crippen molar-refractivity contribution in [2.45, 2.75) is 57.8 Å². The molecule has 1 aliphatic rings. The fourth-order valence-corrected chi connectivity index (χ4v) is 0.747. The summed E-state index contributed by atoms with van der Waals surface area (Å²) in [4.78, 5) is 0. The fraction of sp³-hybridized carbons (Fsp3) is 1.00. The van der Waals surface area contributed by atoms with Crippen molar-refractivity contribution in [3.8, 4) is 0 Å². The molecule has 0 aromatic rings. The summed E-state index contributed by atoms with van der Waals surface area (Å²) in [6, 6.07) is 0. The Hall–Kier alpha value is -0.135. The third-order valence-corrected chi connectivity index (χ3v) is 2.46. The standard InChI is InChI=1S/C9H18O2.BH3O3/c1-8(2,10)9(3,4)11-7-5-6-7;2-1(3)4/h7,10H,5-6H2,1-4H3;2-4H. The molecule has 0 aromatic heterocycles. The number of hydrogen-bond acceptors (Lipinski definition) is 5. The minimum atomic E-state index is -2.17. The predicted molar refractivity (Wildman–Crippen MR) is 56.9 cm³/mol. The van der Waals surface area contributed by atoms with Gasteiger partial charge in [-0.2, -0.15) is 0 Å². The Morgan fingerprint density at radius 2 is 1.40 bits per heavy atom. The maximum atomic E-state index is 9.70. The molecule has 0 heterocycles. The number of rotatable bonds is 3. The van der Waals surface area contributed by atoms with E-state index in [1.54, 1.807) is 13.8 Å². The van der Waals surface area contributed by atoms with Crippen molar-refractivity contribution in [1.82, 2.24) is 0 Å². The maximum absolute atomic E-state index is 9.70. The zero-order chi connectivity index (χ0) is 12.3. The van der Waals surface area contributed by atoms with E-state index in [9.17, 15) is 5.11 Å². The summed E-state index contributed by atoms with van der Waals surface area (Å²) in [6.07, 6.45) is 2.70. The molecule has 0 amide bonds. The van der Waals surface area contributed by atoms with E-state index >= 15 is 0 Å². The SMILES string of the molecule is CC(C)(O)C(C)(C)OC1CC1.OB(O)O. The van der Waals surface area contributed by atoms with Crippen LogP contribution in [-0.4, -0.2) is 44.8 Å². The highest BCUT2D eigenvalue weighted by Crippen LogP contribution is 2.34. The molecule has 5 nitrogen and oxygen atoms in total. The van der Waals surface area contributed by atoms with Crippen LogP contribution in [0.25, 0.3) is 0 Å². The molecule has 0 aliphatic heterocycles. The molecule has 0 saturated heterocycles. The lowest BCUT2D eigenvalue weighted by Gasteiger charge is -2.37. The van der Waals surface area contributed by atoms with Gasteiger partial charge < -0.3 is 24.9 Å². The van der Waals surface area contributed by atoms with Crippen molar-refractivity contribution in [1.29, 1.82) is 0 Å². The summed E-state index contributed by atoms with van der Waals surface area (Å²) in [6.45, 7) is 7.45. The van der Waals surface area contributed by atoms with Crippen LogP contribution in [0, 0.1) is 0 Å². The Balaban J connectivity index is 0.000000423. The van der Waals surface area contributed by atoms with Gasteiger partial charge in [-0.25, -0.2) is 0 Å². The monoisotopic (exact) mass is 220 g/mol. The predicted octanol–water partition coefficient (Wildman–Crippen LogP) is -0.337. The van der Waals surface area contributed by atoms with E-state index in [0.29, 0.717) is 6.10 Å². The van der Waals surface area contributed by atoms with Gasteiger partial charge >= 0.3 is 7.32 Å². The average molecular weight is 220 g/mol. The minimum Gasteiger partial charge on any atom is -0.402 e. The van der Waals surface area contributed by atoms with Crippen molar-refractivity contribution in [2.75, 3.05) is 0 Å². The summed E-state index contributed by atoms with van der Waals surface area (Å²) >= 11 is 0. The quantitative estimate of drug-likeness (QED) is 0.488. The van der Waals surface area contributed by atoms with Crippen LogP contribution in [-0.2, 0) is 4.74 Å². The maximum Gasteiger partial charge on any atom is 0.631 e. The molecule has 0 aromatic carbocycles. The van der Waals surface area contributed by atoms with Crippen molar-refractivity contribution in [3.63, 3.8) is 0 Å². The highest BCUT2D eigenvalue weighted by atomic mass is 16.5. The largest absolute Gasteiger partial charge is 0.631 e. The van der Waals surface area contributed by atoms with Crippen LogP contribution in [0.4, 0.5) is 0 Å². The molecule has 4 N–H and O–H groups in total. The van der Waals surface area contributed by atoms with Gasteiger partial charge in [0.15, 0.2) is 0 Å². The zero-order valence-corrected chi connectivity index (χ0v) is 9.77. The second-order valence-corrected chi connectivity index (χ2v) is 4.73. The first kappa shape index (κ1) is 14.9. The topological polar surface area (TPSA) is 90.2 Å². The lowest BCUT2D eigenvalue weighted by molar-refractivity contribution is -0.153. The van der Waals surface area contributed by atoms with Crippen LogP contribution in [0.5, 0.6) is 0 Å². The molecule has 1 aliphatic carbocycles. The molecule has 0 spiro atoms. The van der Waals surface area contributed by atoms with Crippen LogP contribution in [0.3, 0.4) is 0 Å². The van der Waals surface area contributed by atoms with E-state index in [1.165, 1.54) is 0 Å². The molecule has 90 valence electrons. The fourth-order valence-electron chi connectivity index (χ4n) is 0.747. The molecule has 0 radical (unpaired) electrons. The summed E-state index contributed by atoms with van der Waals surface area (Å²) in [5.41, 5.74) is -1.18. The minimum absolute atomic E-state index is 0.399. The number of aliphatic hydroxyl groups is 1. The normalized spacial score (nSPS) is 16.8. The Labute approximate surface area is 90.9 Å². The number of hydrogen-bond donors (Lipinski definition) is 4. The Kier molecular flexibility index (Phi) is 5.22. The van der Waals surface area contributed by atoms with Crippen LogP contribution in [0.2, 0.25) is 0 Å². The Morgan fingerprint density at radius 3 is 1.60 bits per heavy atom. The lowest BCUT2D eigenvalue weighted by atomic mass is 9.89. The van der Waals surface area contributed by atoms with Gasteiger partial charge in [-0.1, -0.05) is 0 Å². The molecule has 6 heteroatoms. The van der Waals surface area contributed by atoms with E-state index in [0.717, 1.165) is 12.8 Å². The Morgan fingerprint density at radius 1 is 1.07 bits per heavy atom. The van der Waals surface area contributed by atoms with E-state index < -0.39 is 18.5 Å². The highest BCUT2D eigenvalue weighted by Gasteiger charge is 2.40. The van der Waals surface area contributed by atoms with Crippen LogP contribution >= 0.6 is 0 Å². The lowest BCUT2D eigenvalue weighted by Crippen LogP contribution is -2.47. The molecule has 15 heavy (non-hydrogen) atoms. The number of ether oxygens (including phenoxy) is 1. The Bertz CT molecular complexity index is 181. The third-order valence-electron chi connectivity index (χ3n) is 2.46. The third kappa shape index (κ3) is 6.86. The molecule has 1 rings (SSSR count). The summed E-state index contributed by atoms with van der Waals surface area (Å²) < 4.78 is 5.66. The van der Waals surface area contributed by atoms with Gasteiger partial charge in [-0.3, -0.25) is 0 Å². The van der Waals surface area contributed by atoms with E-state index in [1.807, 2.05) is 13.8 Å². The first-order valence-corrected chi connectivity index (χ1v) is 5.00. The molecule has 0 unspecified atom stereocenters. The van der Waals surface area contributed by atoms with Gasteiger partial charge in [0, 0.05) is 0 Å². The second kappa shape index (κ2) is 5.27. The zero-order valence-electron chi connectivity index (χ0n) is 9.77. The van der Waals surface area contributed by atoms with Crippen molar-refractivity contribution in [3.05, 3.63) is 0 Å². The van der Waals surface area contributed by atoms with Crippen LogP contribution < -0.4 is 0 Å². The van der Waals surface area contributed by atoms with Crippen LogP contribution in [0.1, 0.15) is 40.5 Å². The average Bonchev–Trinajstić information content (AvgIpc) is 2.65. The van der Waals surface area contributed by atoms with Gasteiger partial charge in [-0.05, 0) is 40.5 Å². The molecular weight excluding hydrogens is 199 g/mol. The molecule has 0 atom stereocenters. The van der Waals surface area contributed by atoms with Crippen molar-refractivity contribution in [2.24, 2.45) is 0 Å². The van der Waals surface area contributed by atoms with Gasteiger partial charge in [0.1, 0.15) is 0 Å². The molecule has 1 fully saturated rings. The van der Waals surface area contributed by atoms with Gasteiger partial charge in [0.25, 0.3) is 0 Å². The first-order valence-electron chi connectivity index (χ1n) is 5.00. The second-order valence-electron chi connectivity index (χ2n) is 4.73. The van der Waals surface area contributed by atoms with E-state index in [2.05, 4.69) is 0 Å². The highest BCUT2D eigenvalue weighted by molar-refractivity contribution is 6.30. The molecular formula is C9H21BO5. The smallest absolute Gasteiger partial charge is 0.402 e. The van der Waals surface area contributed by atoms with Crippen LogP contribution in [0.15, 0.2) is 0 Å². The van der Waals surface area contributed by atoms with E-state index in [-0.39, 0.29) is 0 Å². The summed E-state index contributed by atoms with van der Waals surface area (Å²) in [7, 11) is -2.17. The van der Waals surface area contributed by atoms with Crippen molar-refractivity contribution >= 4 is 7.32 Å². The van der Waals surface area contributed by atoms with Gasteiger partial charge in [0.2, 0.25) is 0 Å². The summed E-state index contributed by atoms with van der Waals surface area (Å²) in [5.74, 6) is 0. The first-order chi connectivity index (χ1) is 6.56. The summed E-state index contributed by atoms with van der Waals surface area (Å²) in [5, 5.41) is 31.2. The molecule has 0 bridgehead atoms. The van der Waals surface area contributed by atoms with E-state index in [4.69, 9.17) is 19.8 Å².